The van der Waals surface area contributed by atoms with E-state index in [1.165, 1.54) is 0 Å². The van der Waals surface area contributed by atoms with Crippen molar-refractivity contribution in [2.45, 2.75) is 47.6 Å². The smallest absolute Gasteiger partial charge is 0.273 e. The molecule has 1 aliphatic heterocycles. The number of nitrogens with zero attached hydrogens (tertiary/aromatic N) is 2. The van der Waals surface area contributed by atoms with Crippen molar-refractivity contribution in [2.75, 3.05) is 11.4 Å². The molecule has 2 heterocycles. The average Bonchev–Trinajstić information content (AvgIpc) is 2.76. The van der Waals surface area contributed by atoms with Gasteiger partial charge in [0.05, 0.1) is 17.1 Å². The van der Waals surface area contributed by atoms with Crippen LogP contribution in [0.2, 0.25) is 0 Å². The van der Waals surface area contributed by atoms with Gasteiger partial charge in [-0.2, -0.15) is 8.42 Å². The zero-order valence-corrected chi connectivity index (χ0v) is 19.1. The molecule has 0 spiro atoms. The number of hydrogen-bond acceptors (Lipinski definition) is 5. The molecule has 1 unspecified atom stereocenters. The predicted octanol–water partition coefficient (Wildman–Crippen LogP) is 6.05. The summed E-state index contributed by atoms with van der Waals surface area (Å²) in [6.45, 7) is 2.55. The van der Waals surface area contributed by atoms with E-state index in [0.717, 1.165) is 46.1 Å². The van der Waals surface area contributed by atoms with Crippen molar-refractivity contribution < 1.29 is 13.0 Å². The van der Waals surface area contributed by atoms with Crippen molar-refractivity contribution in [3.8, 4) is 0 Å². The predicted molar refractivity (Wildman–Crippen MR) is 126 cm³/mol. The molecule has 1 aliphatic rings. The summed E-state index contributed by atoms with van der Waals surface area (Å²) < 4.78 is 34.7. The summed E-state index contributed by atoms with van der Waals surface area (Å²) >= 11 is 1.71. The van der Waals surface area contributed by atoms with Crippen molar-refractivity contribution in [1.82, 2.24) is 4.98 Å². The van der Waals surface area contributed by atoms with E-state index in [9.17, 15) is 13.0 Å². The number of rotatable bonds is 8. The van der Waals surface area contributed by atoms with Crippen LogP contribution in [0.25, 0.3) is 0 Å². The number of pyridine rings is 1. The van der Waals surface area contributed by atoms with E-state index < -0.39 is 15.4 Å². The SMILES string of the molecule is CCCCc1cccc(C(CCN2c3ccccc3Sc3ccccc32)S(=O)(=O)O)n1. The number of anilines is 2. The van der Waals surface area contributed by atoms with E-state index in [2.05, 4.69) is 28.9 Å². The molecule has 3 aromatic rings. The largest absolute Gasteiger partial charge is 0.340 e. The summed E-state index contributed by atoms with van der Waals surface area (Å²) in [6.07, 6.45) is 3.06. The summed E-state index contributed by atoms with van der Waals surface area (Å²) in [7, 11) is -4.31. The molecule has 0 radical (unpaired) electrons. The summed E-state index contributed by atoms with van der Waals surface area (Å²) in [5.74, 6) is 0. The first kappa shape index (κ1) is 21.9. The number of para-hydroxylation sites is 2. The lowest BCUT2D eigenvalue weighted by molar-refractivity contribution is 0.462. The molecule has 0 fully saturated rings. The van der Waals surface area contributed by atoms with Crippen LogP contribution in [0.1, 0.15) is 42.8 Å². The molecule has 1 N–H and O–H groups in total. The van der Waals surface area contributed by atoms with Gasteiger partial charge in [0.1, 0.15) is 5.25 Å². The Morgan fingerprint density at radius 3 is 2.23 bits per heavy atom. The van der Waals surface area contributed by atoms with Gasteiger partial charge >= 0.3 is 0 Å². The minimum Gasteiger partial charge on any atom is -0.340 e. The van der Waals surface area contributed by atoms with Crippen LogP contribution in [-0.4, -0.2) is 24.5 Å². The molecule has 0 bridgehead atoms. The molecule has 31 heavy (non-hydrogen) atoms. The zero-order chi connectivity index (χ0) is 21.8. The Balaban J connectivity index is 1.64. The number of aryl methyl sites for hydroxylation is 1. The molecule has 5 nitrogen and oxygen atoms in total. The minimum absolute atomic E-state index is 0.233. The number of unbranched alkanes of at least 4 members (excludes halogenated alkanes) is 1. The van der Waals surface area contributed by atoms with E-state index >= 15 is 0 Å². The third-order valence-electron chi connectivity index (χ3n) is 5.45. The maximum atomic E-state index is 12.3. The summed E-state index contributed by atoms with van der Waals surface area (Å²) in [5, 5.41) is -1.07. The topological polar surface area (TPSA) is 70.5 Å². The van der Waals surface area contributed by atoms with E-state index in [0.29, 0.717) is 12.2 Å². The highest BCUT2D eigenvalue weighted by Gasteiger charge is 2.30. The Hall–Kier alpha value is -2.35. The van der Waals surface area contributed by atoms with Crippen molar-refractivity contribution in [2.24, 2.45) is 0 Å². The van der Waals surface area contributed by atoms with Gasteiger partial charge in [-0.05, 0) is 55.7 Å². The van der Waals surface area contributed by atoms with Gasteiger partial charge in [-0.3, -0.25) is 9.54 Å². The maximum Gasteiger partial charge on any atom is 0.273 e. The van der Waals surface area contributed by atoms with Crippen LogP contribution < -0.4 is 4.90 Å². The highest BCUT2D eigenvalue weighted by Crippen LogP contribution is 2.48. The lowest BCUT2D eigenvalue weighted by Crippen LogP contribution is -2.26. The highest BCUT2D eigenvalue weighted by atomic mass is 32.2. The molecule has 0 aliphatic carbocycles. The molecule has 2 aromatic carbocycles. The van der Waals surface area contributed by atoms with Crippen LogP contribution in [0.4, 0.5) is 11.4 Å². The monoisotopic (exact) mass is 454 g/mol. The molecule has 1 atom stereocenters. The van der Waals surface area contributed by atoms with E-state index in [-0.39, 0.29) is 6.42 Å². The first-order chi connectivity index (χ1) is 15.0. The third kappa shape index (κ3) is 4.95. The quantitative estimate of drug-likeness (QED) is 0.418. The standard InChI is InChI=1S/C24H26N2O3S2/c1-2-3-9-18-10-8-11-19(25-18)24(31(27,28)29)16-17-26-20-12-4-6-14-22(20)30-23-15-7-5-13-21(23)26/h4-8,10-15,24H,2-3,9,16-17H2,1H3,(H,27,28,29). The van der Waals surface area contributed by atoms with Gasteiger partial charge in [0.25, 0.3) is 10.1 Å². The third-order valence-corrected chi connectivity index (χ3v) is 7.78. The fourth-order valence-corrected chi connectivity index (χ4v) is 5.83. The Kier molecular flexibility index (Phi) is 6.65. The maximum absolute atomic E-state index is 12.3. The number of fused-ring (bicyclic) bond motifs is 2. The second-order valence-corrected chi connectivity index (χ2v) is 10.3. The number of hydrogen-bond donors (Lipinski definition) is 1. The second-order valence-electron chi connectivity index (χ2n) is 7.64. The molecule has 0 saturated carbocycles. The molecule has 7 heteroatoms. The van der Waals surface area contributed by atoms with Gasteiger partial charge in [0, 0.05) is 22.0 Å². The fraction of sp³-hybridized carbons (Fsp3) is 0.292. The highest BCUT2D eigenvalue weighted by molar-refractivity contribution is 7.99. The average molecular weight is 455 g/mol. The second kappa shape index (κ2) is 9.42. The Bertz CT molecular complexity index is 1120. The van der Waals surface area contributed by atoms with Crippen molar-refractivity contribution in [3.63, 3.8) is 0 Å². The molecular formula is C24H26N2O3S2. The van der Waals surface area contributed by atoms with Gasteiger partial charge in [0.15, 0.2) is 0 Å². The van der Waals surface area contributed by atoms with E-state index in [4.69, 9.17) is 0 Å². The lowest BCUT2D eigenvalue weighted by Gasteiger charge is -2.33. The normalized spacial score (nSPS) is 14.1. The summed E-state index contributed by atoms with van der Waals surface area (Å²) in [5.41, 5.74) is 3.36. The van der Waals surface area contributed by atoms with E-state index in [1.54, 1.807) is 17.8 Å². The van der Waals surface area contributed by atoms with Crippen LogP contribution in [0.3, 0.4) is 0 Å². The van der Waals surface area contributed by atoms with Crippen molar-refractivity contribution in [3.05, 3.63) is 78.1 Å². The molecule has 0 saturated heterocycles. The minimum atomic E-state index is -4.31. The number of aromatic nitrogens is 1. The first-order valence-electron chi connectivity index (χ1n) is 10.5. The molecule has 162 valence electrons. The van der Waals surface area contributed by atoms with Gasteiger partial charge in [0.2, 0.25) is 0 Å². The van der Waals surface area contributed by atoms with Crippen LogP contribution in [-0.2, 0) is 16.5 Å². The van der Waals surface area contributed by atoms with Crippen LogP contribution >= 0.6 is 11.8 Å². The summed E-state index contributed by atoms with van der Waals surface area (Å²) in [6, 6.07) is 21.6. The Morgan fingerprint density at radius 1 is 0.968 bits per heavy atom. The fourth-order valence-electron chi connectivity index (χ4n) is 3.89. The van der Waals surface area contributed by atoms with E-state index in [1.807, 2.05) is 48.5 Å². The van der Waals surface area contributed by atoms with Crippen LogP contribution in [0, 0.1) is 0 Å². The molecule has 0 amide bonds. The van der Waals surface area contributed by atoms with Crippen LogP contribution in [0.15, 0.2) is 76.5 Å². The first-order valence-corrected chi connectivity index (χ1v) is 12.8. The van der Waals surface area contributed by atoms with Gasteiger partial charge in [-0.15, -0.1) is 0 Å². The molecule has 1 aromatic heterocycles. The Morgan fingerprint density at radius 2 is 1.61 bits per heavy atom. The number of benzene rings is 2. The Labute approximate surface area is 188 Å². The molecule has 4 rings (SSSR count). The van der Waals surface area contributed by atoms with Crippen molar-refractivity contribution in [1.29, 1.82) is 0 Å². The molecular weight excluding hydrogens is 428 g/mol. The summed E-state index contributed by atoms with van der Waals surface area (Å²) in [4.78, 5) is 8.96. The lowest BCUT2D eigenvalue weighted by atomic mass is 10.1. The van der Waals surface area contributed by atoms with Gasteiger partial charge in [-0.1, -0.05) is 55.4 Å². The van der Waals surface area contributed by atoms with Crippen LogP contribution in [0.5, 0.6) is 0 Å². The van der Waals surface area contributed by atoms with Crippen molar-refractivity contribution >= 4 is 33.3 Å². The van der Waals surface area contributed by atoms with Gasteiger partial charge < -0.3 is 4.90 Å². The van der Waals surface area contributed by atoms with Gasteiger partial charge in [-0.25, -0.2) is 0 Å². The zero-order valence-electron chi connectivity index (χ0n) is 17.4.